The molecule has 0 amide bonds. The van der Waals surface area contributed by atoms with Gasteiger partial charge in [-0.25, -0.2) is 4.98 Å². The SMILES string of the molecule is NC(CO)Cc1nc(-c2cccc(Oc3ccc(C(F)(F)F)cn3)c2)no1. The summed E-state index contributed by atoms with van der Waals surface area (Å²) < 4.78 is 48.3. The van der Waals surface area contributed by atoms with E-state index in [1.54, 1.807) is 24.3 Å². The number of ether oxygens (including phenoxy) is 1. The number of hydrogen-bond donors (Lipinski definition) is 2. The van der Waals surface area contributed by atoms with Crippen LogP contribution in [0.25, 0.3) is 11.4 Å². The maximum atomic E-state index is 12.6. The monoisotopic (exact) mass is 380 g/mol. The Balaban J connectivity index is 1.74. The molecule has 2 heterocycles. The Kier molecular flexibility index (Phi) is 5.38. The van der Waals surface area contributed by atoms with Crippen molar-refractivity contribution in [1.29, 1.82) is 0 Å². The lowest BCUT2D eigenvalue weighted by atomic mass is 10.2. The Labute approximate surface area is 151 Å². The number of rotatable bonds is 6. The molecule has 3 N–H and O–H groups in total. The lowest BCUT2D eigenvalue weighted by Gasteiger charge is -2.08. The number of nitrogens with two attached hydrogens (primary N) is 1. The Morgan fingerprint density at radius 2 is 2.04 bits per heavy atom. The largest absolute Gasteiger partial charge is 0.439 e. The molecule has 7 nitrogen and oxygen atoms in total. The van der Waals surface area contributed by atoms with Crippen molar-refractivity contribution >= 4 is 0 Å². The van der Waals surface area contributed by atoms with Crippen LogP contribution in [0.3, 0.4) is 0 Å². The molecule has 0 aliphatic heterocycles. The van der Waals surface area contributed by atoms with Gasteiger partial charge in [0.15, 0.2) is 0 Å². The van der Waals surface area contributed by atoms with Crippen molar-refractivity contribution in [3.63, 3.8) is 0 Å². The molecule has 0 aliphatic rings. The van der Waals surface area contributed by atoms with Crippen LogP contribution in [-0.4, -0.2) is 32.9 Å². The van der Waals surface area contributed by atoms with Crippen molar-refractivity contribution in [2.45, 2.75) is 18.6 Å². The van der Waals surface area contributed by atoms with Crippen LogP contribution in [0.1, 0.15) is 11.5 Å². The second-order valence-corrected chi connectivity index (χ2v) is 5.67. The molecule has 1 atom stereocenters. The van der Waals surface area contributed by atoms with E-state index >= 15 is 0 Å². The standard InChI is InChI=1S/C17H15F3N4O3/c18-17(19,20)11-4-5-14(22-8-11)26-13-3-1-2-10(6-13)16-23-15(27-24-16)7-12(21)9-25/h1-6,8,12,25H,7,9,21H2. The Hall–Kier alpha value is -2.98. The quantitative estimate of drug-likeness (QED) is 0.677. The average Bonchev–Trinajstić information content (AvgIpc) is 3.10. The number of hydrogen-bond acceptors (Lipinski definition) is 7. The van der Waals surface area contributed by atoms with E-state index in [2.05, 4.69) is 15.1 Å². The van der Waals surface area contributed by atoms with Crippen LogP contribution in [0.4, 0.5) is 13.2 Å². The molecule has 0 fully saturated rings. The number of aromatic nitrogens is 3. The molecule has 1 aromatic carbocycles. The topological polar surface area (TPSA) is 107 Å². The van der Waals surface area contributed by atoms with Crippen LogP contribution in [0.15, 0.2) is 47.1 Å². The van der Waals surface area contributed by atoms with Gasteiger partial charge in [-0.2, -0.15) is 18.2 Å². The maximum absolute atomic E-state index is 12.6. The first-order chi connectivity index (χ1) is 12.8. The second kappa shape index (κ2) is 7.72. The third-order valence-electron chi connectivity index (χ3n) is 3.52. The van der Waals surface area contributed by atoms with E-state index in [0.29, 0.717) is 23.3 Å². The summed E-state index contributed by atoms with van der Waals surface area (Å²) in [5, 5.41) is 12.8. The van der Waals surface area contributed by atoms with E-state index in [0.717, 1.165) is 12.1 Å². The maximum Gasteiger partial charge on any atom is 0.417 e. The zero-order chi connectivity index (χ0) is 19.4. The van der Waals surface area contributed by atoms with Gasteiger partial charge in [0.1, 0.15) is 5.75 Å². The smallest absolute Gasteiger partial charge is 0.417 e. The minimum Gasteiger partial charge on any atom is -0.439 e. The molecular formula is C17H15F3N4O3. The van der Waals surface area contributed by atoms with Crippen LogP contribution in [0.5, 0.6) is 11.6 Å². The molecule has 0 spiro atoms. The van der Waals surface area contributed by atoms with Crippen molar-refractivity contribution in [3.05, 3.63) is 54.0 Å². The van der Waals surface area contributed by atoms with E-state index in [-0.39, 0.29) is 24.8 Å². The molecular weight excluding hydrogens is 365 g/mol. The van der Waals surface area contributed by atoms with Gasteiger partial charge in [0.25, 0.3) is 0 Å². The summed E-state index contributed by atoms with van der Waals surface area (Å²) in [6.07, 6.45) is -3.52. The number of aliphatic hydroxyl groups excluding tert-OH is 1. The summed E-state index contributed by atoms with van der Waals surface area (Å²) in [6.45, 7) is -0.207. The van der Waals surface area contributed by atoms with Crippen molar-refractivity contribution in [3.8, 4) is 23.0 Å². The third kappa shape index (κ3) is 4.80. The highest BCUT2D eigenvalue weighted by atomic mass is 19.4. The number of pyridine rings is 1. The predicted octanol–water partition coefficient (Wildman–Crippen LogP) is 2.80. The Morgan fingerprint density at radius 3 is 2.70 bits per heavy atom. The highest BCUT2D eigenvalue weighted by molar-refractivity contribution is 5.57. The molecule has 3 rings (SSSR count). The molecule has 0 bridgehead atoms. The van der Waals surface area contributed by atoms with Crippen LogP contribution < -0.4 is 10.5 Å². The van der Waals surface area contributed by atoms with Gasteiger partial charge in [-0.3, -0.25) is 0 Å². The van der Waals surface area contributed by atoms with E-state index < -0.39 is 17.8 Å². The van der Waals surface area contributed by atoms with Crippen LogP contribution >= 0.6 is 0 Å². The summed E-state index contributed by atoms with van der Waals surface area (Å²) in [6, 6.07) is 8.13. The van der Waals surface area contributed by atoms with Gasteiger partial charge in [0, 0.05) is 30.3 Å². The van der Waals surface area contributed by atoms with Crippen molar-refractivity contribution < 1.29 is 27.5 Å². The third-order valence-corrected chi connectivity index (χ3v) is 3.52. The van der Waals surface area contributed by atoms with E-state index in [4.69, 9.17) is 20.1 Å². The van der Waals surface area contributed by atoms with Gasteiger partial charge in [-0.15, -0.1) is 0 Å². The molecule has 0 aliphatic carbocycles. The molecule has 10 heteroatoms. The molecule has 0 radical (unpaired) electrons. The fourth-order valence-electron chi connectivity index (χ4n) is 2.17. The van der Waals surface area contributed by atoms with Gasteiger partial charge in [-0.05, 0) is 18.2 Å². The number of aliphatic hydroxyl groups is 1. The van der Waals surface area contributed by atoms with Gasteiger partial charge < -0.3 is 20.1 Å². The molecule has 0 saturated carbocycles. The first kappa shape index (κ1) is 18.8. The first-order valence-corrected chi connectivity index (χ1v) is 7.85. The zero-order valence-electron chi connectivity index (χ0n) is 13.8. The molecule has 2 aromatic heterocycles. The minimum absolute atomic E-state index is 0.0165. The van der Waals surface area contributed by atoms with Gasteiger partial charge in [0.05, 0.1) is 12.2 Å². The number of nitrogens with zero attached hydrogens (tertiary/aromatic N) is 3. The summed E-state index contributed by atoms with van der Waals surface area (Å²) >= 11 is 0. The molecule has 0 saturated heterocycles. The minimum atomic E-state index is -4.46. The molecule has 1 unspecified atom stereocenters. The first-order valence-electron chi connectivity index (χ1n) is 7.85. The van der Waals surface area contributed by atoms with Crippen molar-refractivity contribution in [2.24, 2.45) is 5.73 Å². The fraction of sp³-hybridized carbons (Fsp3) is 0.235. The number of alkyl halides is 3. The summed E-state index contributed by atoms with van der Waals surface area (Å²) in [4.78, 5) is 7.85. The van der Waals surface area contributed by atoms with Gasteiger partial charge in [0.2, 0.25) is 17.6 Å². The molecule has 3 aromatic rings. The molecule has 142 valence electrons. The van der Waals surface area contributed by atoms with E-state index in [9.17, 15) is 13.2 Å². The fourth-order valence-corrected chi connectivity index (χ4v) is 2.17. The van der Waals surface area contributed by atoms with Crippen molar-refractivity contribution in [2.75, 3.05) is 6.61 Å². The van der Waals surface area contributed by atoms with Gasteiger partial charge in [-0.1, -0.05) is 17.3 Å². The lowest BCUT2D eigenvalue weighted by molar-refractivity contribution is -0.137. The highest BCUT2D eigenvalue weighted by Crippen LogP contribution is 2.30. The van der Waals surface area contributed by atoms with E-state index in [1.165, 1.54) is 0 Å². The Morgan fingerprint density at radius 1 is 1.22 bits per heavy atom. The molecule has 27 heavy (non-hydrogen) atoms. The summed E-state index contributed by atoms with van der Waals surface area (Å²) in [7, 11) is 0. The Bertz CT molecular complexity index is 897. The van der Waals surface area contributed by atoms with Crippen molar-refractivity contribution in [1.82, 2.24) is 15.1 Å². The number of halogens is 3. The summed E-state index contributed by atoms with van der Waals surface area (Å²) in [5.41, 5.74) is 5.34. The van der Waals surface area contributed by atoms with Crippen LogP contribution in [0, 0.1) is 0 Å². The zero-order valence-corrected chi connectivity index (χ0v) is 13.8. The lowest BCUT2D eigenvalue weighted by Crippen LogP contribution is -2.26. The number of benzene rings is 1. The van der Waals surface area contributed by atoms with Gasteiger partial charge >= 0.3 is 6.18 Å². The van der Waals surface area contributed by atoms with Crippen LogP contribution in [0.2, 0.25) is 0 Å². The highest BCUT2D eigenvalue weighted by Gasteiger charge is 2.30. The van der Waals surface area contributed by atoms with Crippen LogP contribution in [-0.2, 0) is 12.6 Å². The normalized spacial score (nSPS) is 12.8. The summed E-state index contributed by atoms with van der Waals surface area (Å²) in [5.74, 6) is 0.935. The van der Waals surface area contributed by atoms with E-state index in [1.807, 2.05) is 0 Å². The average molecular weight is 380 g/mol. The predicted molar refractivity (Wildman–Crippen MR) is 87.8 cm³/mol. The second-order valence-electron chi connectivity index (χ2n) is 5.67.